The Balaban J connectivity index is 2.65. The van der Waals surface area contributed by atoms with Crippen molar-refractivity contribution < 1.29 is 4.79 Å². The van der Waals surface area contributed by atoms with Gasteiger partial charge in [-0.05, 0) is 44.0 Å². The summed E-state index contributed by atoms with van der Waals surface area (Å²) < 4.78 is 1.81. The van der Waals surface area contributed by atoms with Gasteiger partial charge in [0.15, 0.2) is 6.29 Å². The first kappa shape index (κ1) is 12.8. The summed E-state index contributed by atoms with van der Waals surface area (Å²) in [4.78, 5) is 11.1. The van der Waals surface area contributed by atoms with E-state index in [0.29, 0.717) is 10.6 Å². The molecule has 1 aromatic carbocycles. The van der Waals surface area contributed by atoms with Crippen molar-refractivity contribution in [2.24, 2.45) is 0 Å². The molecule has 4 heteroatoms. The van der Waals surface area contributed by atoms with Gasteiger partial charge in [-0.25, -0.2) is 4.68 Å². The van der Waals surface area contributed by atoms with E-state index >= 15 is 0 Å². The Kier molecular flexibility index (Phi) is 3.53. The summed E-state index contributed by atoms with van der Waals surface area (Å²) >= 11 is 5.90. The van der Waals surface area contributed by atoms with Gasteiger partial charge >= 0.3 is 0 Å². The van der Waals surface area contributed by atoms with Crippen molar-refractivity contribution in [3.05, 3.63) is 45.7 Å². The Morgan fingerprint density at radius 2 is 2.11 bits per heavy atom. The first-order chi connectivity index (χ1) is 8.58. The molecular weight excluding hydrogens is 248 g/mol. The van der Waals surface area contributed by atoms with E-state index in [2.05, 4.69) is 12.0 Å². The molecule has 0 spiro atoms. The van der Waals surface area contributed by atoms with Crippen molar-refractivity contribution in [2.45, 2.75) is 27.2 Å². The van der Waals surface area contributed by atoms with Crippen molar-refractivity contribution in [1.82, 2.24) is 9.78 Å². The third-order valence-electron chi connectivity index (χ3n) is 3.14. The fourth-order valence-corrected chi connectivity index (χ4v) is 2.41. The summed E-state index contributed by atoms with van der Waals surface area (Å²) in [6.07, 6.45) is 1.74. The van der Waals surface area contributed by atoms with Crippen LogP contribution in [0.4, 0.5) is 0 Å². The fraction of sp³-hybridized carbons (Fsp3) is 0.286. The molecule has 0 unspecified atom stereocenters. The van der Waals surface area contributed by atoms with Crippen LogP contribution in [0.2, 0.25) is 5.02 Å². The maximum absolute atomic E-state index is 11.1. The lowest BCUT2D eigenvalue weighted by molar-refractivity contribution is 0.112. The Morgan fingerprint density at radius 1 is 1.39 bits per heavy atom. The second-order valence-corrected chi connectivity index (χ2v) is 4.67. The summed E-state index contributed by atoms with van der Waals surface area (Å²) in [6.45, 7) is 6.10. The minimum atomic E-state index is 0.552. The van der Waals surface area contributed by atoms with Crippen molar-refractivity contribution in [3.8, 4) is 5.69 Å². The third kappa shape index (κ3) is 2.06. The van der Waals surface area contributed by atoms with Gasteiger partial charge in [-0.2, -0.15) is 5.10 Å². The van der Waals surface area contributed by atoms with Crippen LogP contribution in [0, 0.1) is 13.8 Å². The SMILES string of the molecule is CCc1c(C)nn(-c2ccc(Cl)cc2C=O)c1C. The zero-order chi connectivity index (χ0) is 13.3. The predicted octanol–water partition coefficient (Wildman–Crippen LogP) is 3.52. The number of carbonyl (C=O) groups is 1. The first-order valence-electron chi connectivity index (χ1n) is 5.88. The summed E-state index contributed by atoms with van der Waals surface area (Å²) in [5, 5.41) is 5.06. The minimum absolute atomic E-state index is 0.552. The second kappa shape index (κ2) is 4.94. The van der Waals surface area contributed by atoms with Crippen LogP contribution in [-0.4, -0.2) is 16.1 Å². The third-order valence-corrected chi connectivity index (χ3v) is 3.37. The summed E-state index contributed by atoms with van der Waals surface area (Å²) in [6, 6.07) is 5.25. The van der Waals surface area contributed by atoms with E-state index in [1.807, 2.05) is 24.6 Å². The van der Waals surface area contributed by atoms with Crippen molar-refractivity contribution in [1.29, 1.82) is 0 Å². The number of hydrogen-bond donors (Lipinski definition) is 0. The molecule has 0 amide bonds. The van der Waals surface area contributed by atoms with Crippen LogP contribution >= 0.6 is 11.6 Å². The molecule has 0 radical (unpaired) electrons. The number of nitrogens with zero attached hydrogens (tertiary/aromatic N) is 2. The summed E-state index contributed by atoms with van der Waals surface area (Å²) in [7, 11) is 0. The molecule has 3 nitrogen and oxygen atoms in total. The second-order valence-electron chi connectivity index (χ2n) is 4.24. The number of aryl methyl sites for hydroxylation is 1. The quantitative estimate of drug-likeness (QED) is 0.794. The molecule has 1 aromatic heterocycles. The van der Waals surface area contributed by atoms with Gasteiger partial charge in [-0.3, -0.25) is 4.79 Å². The van der Waals surface area contributed by atoms with E-state index in [0.717, 1.165) is 29.8 Å². The maximum atomic E-state index is 11.1. The lowest BCUT2D eigenvalue weighted by Crippen LogP contribution is -2.03. The molecule has 0 saturated carbocycles. The van der Waals surface area contributed by atoms with Crippen LogP contribution in [0.15, 0.2) is 18.2 Å². The van der Waals surface area contributed by atoms with Gasteiger partial charge in [0.05, 0.1) is 11.4 Å². The minimum Gasteiger partial charge on any atom is -0.298 e. The zero-order valence-electron chi connectivity index (χ0n) is 10.7. The molecule has 0 fully saturated rings. The Hall–Kier alpha value is -1.61. The average Bonchev–Trinajstić information content (AvgIpc) is 2.64. The molecule has 18 heavy (non-hydrogen) atoms. The molecule has 0 saturated heterocycles. The number of aromatic nitrogens is 2. The smallest absolute Gasteiger partial charge is 0.152 e. The molecule has 0 atom stereocenters. The summed E-state index contributed by atoms with van der Waals surface area (Å²) in [5.74, 6) is 0. The standard InChI is InChI=1S/C14H15ClN2O/c1-4-13-9(2)16-17(10(13)3)14-6-5-12(15)7-11(14)8-18/h5-8H,4H2,1-3H3. The number of halogens is 1. The van der Waals surface area contributed by atoms with Crippen LogP contribution in [0.3, 0.4) is 0 Å². The first-order valence-corrected chi connectivity index (χ1v) is 6.26. The Labute approximate surface area is 111 Å². The van der Waals surface area contributed by atoms with Crippen molar-refractivity contribution >= 4 is 17.9 Å². The van der Waals surface area contributed by atoms with Gasteiger partial charge in [0, 0.05) is 16.3 Å². The van der Waals surface area contributed by atoms with E-state index in [1.54, 1.807) is 12.1 Å². The number of rotatable bonds is 3. The predicted molar refractivity (Wildman–Crippen MR) is 72.8 cm³/mol. The van der Waals surface area contributed by atoms with Gasteiger partial charge < -0.3 is 0 Å². The molecule has 2 rings (SSSR count). The monoisotopic (exact) mass is 262 g/mol. The molecule has 2 aromatic rings. The highest BCUT2D eigenvalue weighted by atomic mass is 35.5. The van der Waals surface area contributed by atoms with E-state index in [-0.39, 0.29) is 0 Å². The van der Waals surface area contributed by atoms with E-state index in [1.165, 1.54) is 5.56 Å². The van der Waals surface area contributed by atoms with Crippen LogP contribution in [0.5, 0.6) is 0 Å². The normalized spacial score (nSPS) is 10.7. The number of hydrogen-bond acceptors (Lipinski definition) is 2. The molecule has 0 aliphatic rings. The highest BCUT2D eigenvalue weighted by Crippen LogP contribution is 2.22. The zero-order valence-corrected chi connectivity index (χ0v) is 11.5. The molecule has 1 heterocycles. The number of carbonyl (C=O) groups excluding carboxylic acids is 1. The molecule has 0 aliphatic carbocycles. The van der Waals surface area contributed by atoms with Gasteiger partial charge in [-0.1, -0.05) is 18.5 Å². The van der Waals surface area contributed by atoms with Crippen LogP contribution in [0.1, 0.15) is 34.2 Å². The van der Waals surface area contributed by atoms with Crippen molar-refractivity contribution in [3.63, 3.8) is 0 Å². The molecule has 0 aliphatic heterocycles. The van der Waals surface area contributed by atoms with Crippen LogP contribution in [0.25, 0.3) is 5.69 Å². The van der Waals surface area contributed by atoms with E-state index < -0.39 is 0 Å². The summed E-state index contributed by atoms with van der Waals surface area (Å²) in [5.41, 5.74) is 4.62. The van der Waals surface area contributed by atoms with E-state index in [9.17, 15) is 4.79 Å². The highest BCUT2D eigenvalue weighted by Gasteiger charge is 2.13. The largest absolute Gasteiger partial charge is 0.298 e. The lowest BCUT2D eigenvalue weighted by Gasteiger charge is -2.08. The van der Waals surface area contributed by atoms with Crippen molar-refractivity contribution in [2.75, 3.05) is 0 Å². The van der Waals surface area contributed by atoms with Gasteiger partial charge in [0.2, 0.25) is 0 Å². The number of aldehydes is 1. The molecular formula is C14H15ClN2O. The topological polar surface area (TPSA) is 34.9 Å². The van der Waals surface area contributed by atoms with Gasteiger partial charge in [0.25, 0.3) is 0 Å². The van der Waals surface area contributed by atoms with Gasteiger partial charge in [0.1, 0.15) is 0 Å². The molecule has 0 N–H and O–H groups in total. The fourth-order valence-electron chi connectivity index (χ4n) is 2.23. The van der Waals surface area contributed by atoms with E-state index in [4.69, 9.17) is 11.6 Å². The lowest BCUT2D eigenvalue weighted by atomic mass is 10.1. The molecule has 94 valence electrons. The van der Waals surface area contributed by atoms with Gasteiger partial charge in [-0.15, -0.1) is 0 Å². The van der Waals surface area contributed by atoms with Crippen LogP contribution in [-0.2, 0) is 6.42 Å². The average molecular weight is 263 g/mol. The highest BCUT2D eigenvalue weighted by molar-refractivity contribution is 6.30. The number of benzene rings is 1. The molecule has 0 bridgehead atoms. The Morgan fingerprint density at radius 3 is 2.67 bits per heavy atom. The Bertz CT molecular complexity index is 602. The van der Waals surface area contributed by atoms with Crippen LogP contribution < -0.4 is 0 Å². The maximum Gasteiger partial charge on any atom is 0.152 e.